The van der Waals surface area contributed by atoms with E-state index >= 15 is 0 Å². The molecule has 1 unspecified atom stereocenters. The molecule has 2 aromatic carbocycles. The van der Waals surface area contributed by atoms with Gasteiger partial charge in [0.25, 0.3) is 0 Å². The molecule has 0 radical (unpaired) electrons. The van der Waals surface area contributed by atoms with E-state index in [4.69, 9.17) is 4.42 Å². The number of para-hydroxylation sites is 1. The molecule has 8 heteroatoms. The first-order chi connectivity index (χ1) is 13.8. The van der Waals surface area contributed by atoms with Gasteiger partial charge in [0.2, 0.25) is 0 Å². The van der Waals surface area contributed by atoms with Gasteiger partial charge in [-0.2, -0.15) is 13.2 Å². The molecule has 29 heavy (non-hydrogen) atoms. The molecule has 1 atom stereocenters. The highest BCUT2D eigenvalue weighted by molar-refractivity contribution is 5.93. The van der Waals surface area contributed by atoms with E-state index in [1.54, 1.807) is 6.92 Å². The van der Waals surface area contributed by atoms with Gasteiger partial charge in [-0.25, -0.2) is 4.98 Å². The van der Waals surface area contributed by atoms with Crippen LogP contribution in [0.2, 0.25) is 0 Å². The Labute approximate surface area is 164 Å². The molecule has 4 rings (SSSR count). The Bertz CT molecular complexity index is 1130. The molecule has 0 saturated carbocycles. The first-order valence-corrected chi connectivity index (χ1v) is 8.91. The second kappa shape index (κ2) is 7.29. The van der Waals surface area contributed by atoms with Crippen LogP contribution < -0.4 is 5.32 Å². The predicted molar refractivity (Wildman–Crippen MR) is 102 cm³/mol. The monoisotopic (exact) mass is 401 g/mol. The number of hydrogen-bond acceptors (Lipinski definition) is 4. The van der Waals surface area contributed by atoms with E-state index in [1.165, 1.54) is 18.5 Å². The van der Waals surface area contributed by atoms with Crippen molar-refractivity contribution in [3.8, 4) is 0 Å². The van der Waals surface area contributed by atoms with E-state index in [-0.39, 0.29) is 0 Å². The summed E-state index contributed by atoms with van der Waals surface area (Å²) < 4.78 is 45.5. The van der Waals surface area contributed by atoms with Gasteiger partial charge in [-0.05, 0) is 30.7 Å². The molecule has 0 saturated heterocycles. The smallest absolute Gasteiger partial charge is 0.416 e. The van der Waals surface area contributed by atoms with E-state index in [1.807, 2.05) is 35.0 Å². The number of nitrogens with zero attached hydrogens (tertiary/aromatic N) is 2. The summed E-state index contributed by atoms with van der Waals surface area (Å²) in [5.41, 5.74) is 2.20. The first kappa shape index (κ1) is 19.1. The summed E-state index contributed by atoms with van der Waals surface area (Å²) in [5.74, 6) is 0.324. The Hall–Kier alpha value is -3.26. The van der Waals surface area contributed by atoms with Gasteiger partial charge in [0.05, 0.1) is 22.5 Å². The molecule has 0 fully saturated rings. The fraction of sp³-hybridized carbons (Fsp3) is 0.190. The highest BCUT2D eigenvalue weighted by Crippen LogP contribution is 2.31. The Morgan fingerprint density at radius 2 is 1.86 bits per heavy atom. The van der Waals surface area contributed by atoms with Crippen LogP contribution in [0.25, 0.3) is 10.9 Å². The molecule has 0 aliphatic heterocycles. The van der Waals surface area contributed by atoms with Crippen LogP contribution >= 0.6 is 0 Å². The summed E-state index contributed by atoms with van der Waals surface area (Å²) >= 11 is 0. The lowest BCUT2D eigenvalue weighted by molar-refractivity contribution is -0.137. The maximum absolute atomic E-state index is 12.8. The Morgan fingerprint density at radius 1 is 1.14 bits per heavy atom. The van der Waals surface area contributed by atoms with Crippen LogP contribution in [0.5, 0.6) is 0 Å². The van der Waals surface area contributed by atoms with Crippen LogP contribution in [0.15, 0.2) is 65.5 Å². The van der Waals surface area contributed by atoms with Crippen LogP contribution in [-0.4, -0.2) is 14.7 Å². The van der Waals surface area contributed by atoms with Crippen molar-refractivity contribution >= 4 is 16.6 Å². The number of benzene rings is 2. The molecule has 2 N–H and O–H groups in total. The van der Waals surface area contributed by atoms with Crippen LogP contribution in [0, 0.1) is 6.92 Å². The van der Waals surface area contributed by atoms with Crippen LogP contribution in [0.4, 0.5) is 18.9 Å². The average molecular weight is 401 g/mol. The molecule has 5 nitrogen and oxygen atoms in total. The predicted octanol–water partition coefficient (Wildman–Crippen LogP) is 5.11. The summed E-state index contributed by atoms with van der Waals surface area (Å²) in [7, 11) is 0. The van der Waals surface area contributed by atoms with Crippen molar-refractivity contribution in [2.24, 2.45) is 0 Å². The quantitative estimate of drug-likeness (QED) is 0.456. The van der Waals surface area contributed by atoms with Crippen molar-refractivity contribution in [1.29, 1.82) is 0 Å². The number of aromatic nitrogens is 2. The fourth-order valence-electron chi connectivity index (χ4n) is 3.27. The molecule has 4 aromatic rings. The third kappa shape index (κ3) is 3.84. The number of oxazole rings is 1. The number of fused-ring (bicyclic) bond motifs is 1. The lowest BCUT2D eigenvalue weighted by Gasteiger charge is -2.11. The summed E-state index contributed by atoms with van der Waals surface area (Å²) in [6, 6.07) is 12.7. The lowest BCUT2D eigenvalue weighted by atomic mass is 10.1. The molecule has 0 spiro atoms. The minimum Gasteiger partial charge on any atom is -0.443 e. The number of aliphatic hydroxyl groups is 1. The summed E-state index contributed by atoms with van der Waals surface area (Å²) in [4.78, 5) is 3.98. The zero-order chi connectivity index (χ0) is 20.6. The van der Waals surface area contributed by atoms with E-state index < -0.39 is 18.0 Å². The van der Waals surface area contributed by atoms with Gasteiger partial charge in [-0.15, -0.1) is 0 Å². The van der Waals surface area contributed by atoms with Gasteiger partial charge in [0, 0.05) is 18.1 Å². The number of halogens is 3. The highest BCUT2D eigenvalue weighted by Gasteiger charge is 2.30. The van der Waals surface area contributed by atoms with Crippen LogP contribution in [0.3, 0.4) is 0 Å². The van der Waals surface area contributed by atoms with Crippen LogP contribution in [0.1, 0.15) is 28.8 Å². The van der Waals surface area contributed by atoms with Crippen molar-refractivity contribution in [3.63, 3.8) is 0 Å². The van der Waals surface area contributed by atoms with E-state index in [9.17, 15) is 18.3 Å². The van der Waals surface area contributed by atoms with E-state index in [0.717, 1.165) is 28.6 Å². The van der Waals surface area contributed by atoms with Gasteiger partial charge in [-0.3, -0.25) is 0 Å². The number of aliphatic hydroxyl groups excluding tert-OH is 1. The first-order valence-electron chi connectivity index (χ1n) is 8.91. The number of nitrogens with one attached hydrogen (secondary N) is 1. The van der Waals surface area contributed by atoms with E-state index in [0.29, 0.717) is 23.7 Å². The molecule has 0 aliphatic rings. The number of hydrogen-bond donors (Lipinski definition) is 2. The zero-order valence-electron chi connectivity index (χ0n) is 15.4. The summed E-state index contributed by atoms with van der Waals surface area (Å²) in [6.07, 6.45) is -2.35. The zero-order valence-corrected chi connectivity index (χ0v) is 15.4. The van der Waals surface area contributed by atoms with Crippen molar-refractivity contribution in [3.05, 3.63) is 83.7 Å². The lowest BCUT2D eigenvalue weighted by Crippen LogP contribution is -2.09. The molecule has 0 aliphatic carbocycles. The van der Waals surface area contributed by atoms with Crippen molar-refractivity contribution in [2.75, 3.05) is 5.32 Å². The molecular weight excluding hydrogens is 383 g/mol. The molecule has 0 amide bonds. The molecule has 2 aromatic heterocycles. The maximum Gasteiger partial charge on any atom is 0.416 e. The Balaban J connectivity index is 1.63. The fourth-order valence-corrected chi connectivity index (χ4v) is 3.27. The topological polar surface area (TPSA) is 63.2 Å². The van der Waals surface area contributed by atoms with Crippen LogP contribution in [-0.2, 0) is 12.7 Å². The minimum absolute atomic E-state index is 0.324. The van der Waals surface area contributed by atoms with Gasteiger partial charge < -0.3 is 19.4 Å². The molecule has 0 bridgehead atoms. The average Bonchev–Trinajstić information content (AvgIpc) is 3.26. The second-order valence-corrected chi connectivity index (χ2v) is 6.73. The third-order valence-corrected chi connectivity index (χ3v) is 4.75. The van der Waals surface area contributed by atoms with Crippen molar-refractivity contribution in [2.45, 2.75) is 25.9 Å². The standard InChI is InChI=1S/C21H18F3N3O2/c1-13-19(29-12-25-13)20(28)26-17-11-27(18-5-3-2-4-16(17)18)10-14-6-8-15(9-7-14)21(22,23)24/h2-9,11-12,20,26,28H,10H2,1H3. The highest BCUT2D eigenvalue weighted by atomic mass is 19.4. The largest absolute Gasteiger partial charge is 0.443 e. The number of anilines is 1. The number of aryl methyl sites for hydroxylation is 1. The van der Waals surface area contributed by atoms with Gasteiger partial charge in [-0.1, -0.05) is 30.3 Å². The Morgan fingerprint density at radius 3 is 2.52 bits per heavy atom. The summed E-state index contributed by atoms with van der Waals surface area (Å²) in [5, 5.41) is 14.3. The second-order valence-electron chi connectivity index (χ2n) is 6.73. The molecule has 2 heterocycles. The van der Waals surface area contributed by atoms with Gasteiger partial charge in [0.1, 0.15) is 0 Å². The maximum atomic E-state index is 12.8. The third-order valence-electron chi connectivity index (χ3n) is 4.75. The summed E-state index contributed by atoms with van der Waals surface area (Å²) in [6.45, 7) is 2.12. The minimum atomic E-state index is -4.36. The number of alkyl halides is 3. The normalized spacial score (nSPS) is 13.0. The van der Waals surface area contributed by atoms with Crippen molar-refractivity contribution < 1.29 is 22.7 Å². The van der Waals surface area contributed by atoms with Gasteiger partial charge in [0.15, 0.2) is 18.4 Å². The van der Waals surface area contributed by atoms with Gasteiger partial charge >= 0.3 is 6.18 Å². The Kier molecular flexibility index (Phi) is 4.79. The SMILES string of the molecule is Cc1ncoc1C(O)Nc1cn(Cc2ccc(C(F)(F)F)cc2)c2ccccc12. The molecular formula is C21H18F3N3O2. The van der Waals surface area contributed by atoms with Crippen molar-refractivity contribution in [1.82, 2.24) is 9.55 Å². The molecule has 150 valence electrons. The van der Waals surface area contributed by atoms with E-state index in [2.05, 4.69) is 10.3 Å². The number of rotatable bonds is 5.